The molecule has 0 unspecified atom stereocenters. The van der Waals surface area contributed by atoms with Crippen LogP contribution in [0.2, 0.25) is 0 Å². The van der Waals surface area contributed by atoms with Crippen LogP contribution >= 0.6 is 0 Å². The zero-order chi connectivity index (χ0) is 15.9. The number of rotatable bonds is 8. The molecule has 0 aliphatic carbocycles. The van der Waals surface area contributed by atoms with Crippen LogP contribution in [0.25, 0.3) is 0 Å². The summed E-state index contributed by atoms with van der Waals surface area (Å²) < 4.78 is 0. The molecule has 5 nitrogen and oxygen atoms in total. The van der Waals surface area contributed by atoms with Gasteiger partial charge in [0.15, 0.2) is 0 Å². The molecule has 3 N–H and O–H groups in total. The van der Waals surface area contributed by atoms with Crippen LogP contribution in [0.15, 0.2) is 0 Å². The minimum atomic E-state index is -0.837. The molecule has 0 aromatic carbocycles. The summed E-state index contributed by atoms with van der Waals surface area (Å²) in [7, 11) is 0. The van der Waals surface area contributed by atoms with Crippen LogP contribution < -0.4 is 10.6 Å². The lowest BCUT2D eigenvalue weighted by molar-refractivity contribution is -0.149. The number of carbonyl (C=O) groups is 2. The summed E-state index contributed by atoms with van der Waals surface area (Å²) in [5.74, 6) is -0.777. The summed E-state index contributed by atoms with van der Waals surface area (Å²) in [5.41, 5.74) is -1.15. The van der Waals surface area contributed by atoms with Gasteiger partial charge in [-0.1, -0.05) is 27.2 Å². The Morgan fingerprint density at radius 2 is 1.76 bits per heavy atom. The maximum Gasteiger partial charge on any atom is 0.311 e. The standard InChI is InChI=1S/C16H30N2O3/c1-4-7-16(8-10-17-11-9-16)13(19)18-12-15(5-2,6-3)14(20)21/h17H,4-12H2,1-3H3,(H,18,19)(H,20,21). The van der Waals surface area contributed by atoms with Crippen molar-refractivity contribution in [2.24, 2.45) is 10.8 Å². The summed E-state index contributed by atoms with van der Waals surface area (Å²) in [6.45, 7) is 7.79. The molecule has 122 valence electrons. The number of hydrogen-bond donors (Lipinski definition) is 3. The van der Waals surface area contributed by atoms with Gasteiger partial charge in [-0.15, -0.1) is 0 Å². The molecule has 0 radical (unpaired) electrons. The SMILES string of the molecule is CCCC1(C(=O)NCC(CC)(CC)C(=O)O)CCNCC1. The van der Waals surface area contributed by atoms with E-state index < -0.39 is 11.4 Å². The second-order valence-corrected chi connectivity index (χ2v) is 6.26. The highest BCUT2D eigenvalue weighted by Gasteiger charge is 2.41. The van der Waals surface area contributed by atoms with E-state index in [0.29, 0.717) is 12.8 Å². The Balaban J connectivity index is 2.75. The van der Waals surface area contributed by atoms with Gasteiger partial charge in [0, 0.05) is 6.54 Å². The van der Waals surface area contributed by atoms with Crippen molar-refractivity contribution >= 4 is 11.9 Å². The number of carboxylic acids is 1. The number of carbonyl (C=O) groups excluding carboxylic acids is 1. The highest BCUT2D eigenvalue weighted by atomic mass is 16.4. The molecule has 1 saturated heterocycles. The maximum absolute atomic E-state index is 12.7. The first-order valence-electron chi connectivity index (χ1n) is 8.19. The predicted octanol–water partition coefficient (Wildman–Crippen LogP) is 2.16. The van der Waals surface area contributed by atoms with Crippen LogP contribution in [0.5, 0.6) is 0 Å². The van der Waals surface area contributed by atoms with Gasteiger partial charge in [0.1, 0.15) is 0 Å². The van der Waals surface area contributed by atoms with Gasteiger partial charge < -0.3 is 15.7 Å². The van der Waals surface area contributed by atoms with Crippen molar-refractivity contribution in [3.8, 4) is 0 Å². The summed E-state index contributed by atoms with van der Waals surface area (Å²) in [6.07, 6.45) is 4.58. The first kappa shape index (κ1) is 18.0. The molecule has 1 rings (SSSR count). The molecule has 1 aliphatic rings. The van der Waals surface area contributed by atoms with Crippen molar-refractivity contribution in [2.45, 2.75) is 59.3 Å². The number of carboxylic acid groups (broad SMARTS) is 1. The van der Waals surface area contributed by atoms with Gasteiger partial charge in [0.05, 0.1) is 10.8 Å². The van der Waals surface area contributed by atoms with Crippen molar-refractivity contribution in [1.82, 2.24) is 10.6 Å². The molecule has 0 spiro atoms. The summed E-state index contributed by atoms with van der Waals surface area (Å²) >= 11 is 0. The predicted molar refractivity (Wildman–Crippen MR) is 83.1 cm³/mol. The number of hydrogen-bond acceptors (Lipinski definition) is 3. The highest BCUT2D eigenvalue weighted by molar-refractivity contribution is 5.84. The summed E-state index contributed by atoms with van der Waals surface area (Å²) in [4.78, 5) is 24.2. The fourth-order valence-corrected chi connectivity index (χ4v) is 3.29. The van der Waals surface area contributed by atoms with E-state index >= 15 is 0 Å². The van der Waals surface area contributed by atoms with E-state index in [0.717, 1.165) is 38.8 Å². The van der Waals surface area contributed by atoms with Crippen LogP contribution in [0.1, 0.15) is 59.3 Å². The van der Waals surface area contributed by atoms with E-state index in [1.54, 1.807) is 0 Å². The molecule has 1 amide bonds. The quantitative estimate of drug-likeness (QED) is 0.641. The van der Waals surface area contributed by atoms with E-state index in [-0.39, 0.29) is 17.9 Å². The van der Waals surface area contributed by atoms with Crippen LogP contribution in [-0.4, -0.2) is 36.6 Å². The Morgan fingerprint density at radius 3 is 2.19 bits per heavy atom. The third-order valence-corrected chi connectivity index (χ3v) is 5.17. The van der Waals surface area contributed by atoms with E-state index in [2.05, 4.69) is 17.6 Å². The third kappa shape index (κ3) is 3.96. The lowest BCUT2D eigenvalue weighted by atomic mass is 9.74. The fraction of sp³-hybridized carbons (Fsp3) is 0.875. The van der Waals surface area contributed by atoms with Crippen LogP contribution in [0, 0.1) is 10.8 Å². The van der Waals surface area contributed by atoms with Crippen LogP contribution in [0.4, 0.5) is 0 Å². The minimum absolute atomic E-state index is 0.0402. The maximum atomic E-state index is 12.7. The Morgan fingerprint density at radius 1 is 1.19 bits per heavy atom. The van der Waals surface area contributed by atoms with E-state index in [1.165, 1.54) is 0 Å². The molecule has 0 aromatic heterocycles. The molecule has 0 saturated carbocycles. The van der Waals surface area contributed by atoms with Crippen molar-refractivity contribution < 1.29 is 14.7 Å². The monoisotopic (exact) mass is 298 g/mol. The van der Waals surface area contributed by atoms with Gasteiger partial charge in [-0.3, -0.25) is 9.59 Å². The summed E-state index contributed by atoms with van der Waals surface area (Å²) in [6, 6.07) is 0. The lowest BCUT2D eigenvalue weighted by Crippen LogP contribution is -2.51. The van der Waals surface area contributed by atoms with Crippen molar-refractivity contribution in [3.05, 3.63) is 0 Å². The fourth-order valence-electron chi connectivity index (χ4n) is 3.29. The molecule has 1 heterocycles. The second kappa shape index (κ2) is 7.78. The van der Waals surface area contributed by atoms with Crippen molar-refractivity contribution in [2.75, 3.05) is 19.6 Å². The zero-order valence-corrected chi connectivity index (χ0v) is 13.6. The molecule has 0 atom stereocenters. The van der Waals surface area contributed by atoms with Gasteiger partial charge in [-0.2, -0.15) is 0 Å². The molecule has 0 bridgehead atoms. The van der Waals surface area contributed by atoms with Gasteiger partial charge in [0.2, 0.25) is 5.91 Å². The lowest BCUT2D eigenvalue weighted by Gasteiger charge is -2.37. The first-order chi connectivity index (χ1) is 9.96. The van der Waals surface area contributed by atoms with Gasteiger partial charge in [-0.25, -0.2) is 0 Å². The first-order valence-corrected chi connectivity index (χ1v) is 8.19. The Bertz CT molecular complexity index is 353. The average Bonchev–Trinajstić information content (AvgIpc) is 2.49. The zero-order valence-electron chi connectivity index (χ0n) is 13.6. The number of amides is 1. The van der Waals surface area contributed by atoms with Crippen molar-refractivity contribution in [3.63, 3.8) is 0 Å². The van der Waals surface area contributed by atoms with E-state index in [4.69, 9.17) is 0 Å². The molecule has 0 aromatic rings. The Kier molecular flexibility index (Phi) is 6.65. The molecule has 1 fully saturated rings. The van der Waals surface area contributed by atoms with Crippen LogP contribution in [-0.2, 0) is 9.59 Å². The largest absolute Gasteiger partial charge is 0.481 e. The molecule has 5 heteroatoms. The number of nitrogens with one attached hydrogen (secondary N) is 2. The minimum Gasteiger partial charge on any atom is -0.481 e. The van der Waals surface area contributed by atoms with Gasteiger partial charge in [0.25, 0.3) is 0 Å². The molecule has 21 heavy (non-hydrogen) atoms. The number of piperidine rings is 1. The summed E-state index contributed by atoms with van der Waals surface area (Å²) in [5, 5.41) is 15.7. The average molecular weight is 298 g/mol. The van der Waals surface area contributed by atoms with Gasteiger partial charge >= 0.3 is 5.97 Å². The van der Waals surface area contributed by atoms with Crippen LogP contribution in [0.3, 0.4) is 0 Å². The Hall–Kier alpha value is -1.10. The Labute approximate surface area is 127 Å². The highest BCUT2D eigenvalue weighted by Crippen LogP contribution is 2.35. The second-order valence-electron chi connectivity index (χ2n) is 6.26. The van der Waals surface area contributed by atoms with E-state index in [9.17, 15) is 14.7 Å². The van der Waals surface area contributed by atoms with Gasteiger partial charge in [-0.05, 0) is 45.2 Å². The molecular weight excluding hydrogens is 268 g/mol. The normalized spacial score (nSPS) is 18.2. The van der Waals surface area contributed by atoms with E-state index in [1.807, 2.05) is 13.8 Å². The smallest absolute Gasteiger partial charge is 0.311 e. The van der Waals surface area contributed by atoms with Crippen molar-refractivity contribution in [1.29, 1.82) is 0 Å². The molecular formula is C16H30N2O3. The topological polar surface area (TPSA) is 78.4 Å². The third-order valence-electron chi connectivity index (χ3n) is 5.17. The molecule has 1 aliphatic heterocycles. The number of aliphatic carboxylic acids is 1.